The number of para-hydroxylation sites is 1. The van der Waals surface area contributed by atoms with Gasteiger partial charge in [-0.1, -0.05) is 24.6 Å². The molecule has 4 heteroatoms. The van der Waals surface area contributed by atoms with E-state index in [2.05, 4.69) is 48.3 Å². The molecule has 0 aromatic heterocycles. The second-order valence-corrected chi connectivity index (χ2v) is 7.15. The molecular formula is C19H30N2O2. The van der Waals surface area contributed by atoms with Crippen molar-refractivity contribution < 1.29 is 9.84 Å². The molecule has 2 N–H and O–H groups in total. The molecule has 1 aliphatic heterocycles. The predicted octanol–water partition coefficient (Wildman–Crippen LogP) is 2.55. The fourth-order valence-corrected chi connectivity index (χ4v) is 4.11. The van der Waals surface area contributed by atoms with Crippen LogP contribution in [0.1, 0.15) is 38.7 Å². The average Bonchev–Trinajstić information content (AvgIpc) is 3.00. The SMILES string of the molecule is C[C@@H]1CN(c2ccccc2CN[C@@H]2CCC[C@H]2CO)C[C@H](C)O1. The molecule has 128 valence electrons. The Balaban J connectivity index is 1.68. The average molecular weight is 318 g/mol. The molecule has 0 amide bonds. The highest BCUT2D eigenvalue weighted by molar-refractivity contribution is 5.54. The summed E-state index contributed by atoms with van der Waals surface area (Å²) in [4.78, 5) is 2.45. The number of morpholine rings is 1. The van der Waals surface area contributed by atoms with Crippen molar-refractivity contribution in [3.8, 4) is 0 Å². The number of hydrogen-bond donors (Lipinski definition) is 2. The fraction of sp³-hybridized carbons (Fsp3) is 0.684. The third-order valence-electron chi connectivity index (χ3n) is 5.20. The van der Waals surface area contributed by atoms with Gasteiger partial charge in [0.2, 0.25) is 0 Å². The molecular weight excluding hydrogens is 288 g/mol. The summed E-state index contributed by atoms with van der Waals surface area (Å²) in [7, 11) is 0. The van der Waals surface area contributed by atoms with Crippen molar-refractivity contribution in [2.24, 2.45) is 5.92 Å². The Morgan fingerprint density at radius 2 is 1.91 bits per heavy atom. The summed E-state index contributed by atoms with van der Waals surface area (Å²) in [5.74, 6) is 0.422. The summed E-state index contributed by atoms with van der Waals surface area (Å²) in [6, 6.07) is 9.13. The summed E-state index contributed by atoms with van der Waals surface area (Å²) in [6.07, 6.45) is 4.10. The van der Waals surface area contributed by atoms with Crippen molar-refractivity contribution in [3.63, 3.8) is 0 Å². The number of nitrogens with zero attached hydrogens (tertiary/aromatic N) is 1. The van der Waals surface area contributed by atoms with Crippen molar-refractivity contribution in [1.29, 1.82) is 0 Å². The molecule has 3 rings (SSSR count). The molecule has 0 bridgehead atoms. The standard InChI is InChI=1S/C19H30N2O2/c1-14-11-21(12-15(2)23-14)19-9-4-3-6-16(19)10-20-18-8-5-7-17(18)13-22/h3-4,6,9,14-15,17-18,20,22H,5,7-8,10-13H2,1-2H3/t14-,15+,17-,18+/m0/s1. The van der Waals surface area contributed by atoms with Crippen LogP contribution >= 0.6 is 0 Å². The van der Waals surface area contributed by atoms with Crippen LogP contribution in [0.3, 0.4) is 0 Å². The van der Waals surface area contributed by atoms with Crippen molar-refractivity contribution in [2.45, 2.75) is 57.9 Å². The van der Waals surface area contributed by atoms with Gasteiger partial charge in [-0.3, -0.25) is 0 Å². The Bertz CT molecular complexity index is 498. The minimum Gasteiger partial charge on any atom is -0.396 e. The normalized spacial score (nSPS) is 31.5. The van der Waals surface area contributed by atoms with Crippen LogP contribution < -0.4 is 10.2 Å². The van der Waals surface area contributed by atoms with E-state index in [4.69, 9.17) is 4.74 Å². The van der Waals surface area contributed by atoms with Crippen molar-refractivity contribution >= 4 is 5.69 Å². The molecule has 0 spiro atoms. The summed E-state index contributed by atoms with van der Waals surface area (Å²) in [5.41, 5.74) is 2.66. The van der Waals surface area contributed by atoms with Crippen LogP contribution in [0, 0.1) is 5.92 Å². The largest absolute Gasteiger partial charge is 0.396 e. The van der Waals surface area contributed by atoms with Gasteiger partial charge in [-0.15, -0.1) is 0 Å². The molecule has 1 aliphatic carbocycles. The van der Waals surface area contributed by atoms with Crippen LogP contribution in [0.4, 0.5) is 5.69 Å². The highest BCUT2D eigenvalue weighted by atomic mass is 16.5. The molecule has 0 radical (unpaired) electrons. The molecule has 1 heterocycles. The lowest BCUT2D eigenvalue weighted by Gasteiger charge is -2.38. The molecule has 4 atom stereocenters. The van der Waals surface area contributed by atoms with Gasteiger partial charge in [-0.2, -0.15) is 0 Å². The lowest BCUT2D eigenvalue weighted by atomic mass is 10.0. The number of nitrogens with one attached hydrogen (secondary N) is 1. The highest BCUT2D eigenvalue weighted by Gasteiger charge is 2.27. The number of aliphatic hydroxyl groups excluding tert-OH is 1. The number of aliphatic hydroxyl groups is 1. The van der Waals surface area contributed by atoms with Gasteiger partial charge in [-0.05, 0) is 44.2 Å². The van der Waals surface area contributed by atoms with Gasteiger partial charge in [0, 0.05) is 38.0 Å². The maximum Gasteiger partial charge on any atom is 0.0726 e. The number of hydrogen-bond acceptors (Lipinski definition) is 4. The maximum absolute atomic E-state index is 9.49. The van der Waals surface area contributed by atoms with Gasteiger partial charge in [0.25, 0.3) is 0 Å². The number of ether oxygens (including phenoxy) is 1. The molecule has 4 nitrogen and oxygen atoms in total. The van der Waals surface area contributed by atoms with Gasteiger partial charge in [0.1, 0.15) is 0 Å². The van der Waals surface area contributed by atoms with Gasteiger partial charge in [0.15, 0.2) is 0 Å². The Kier molecular flexibility index (Phi) is 5.57. The maximum atomic E-state index is 9.49. The predicted molar refractivity (Wildman–Crippen MR) is 93.7 cm³/mol. The van der Waals surface area contributed by atoms with Gasteiger partial charge >= 0.3 is 0 Å². The van der Waals surface area contributed by atoms with Crippen LogP contribution in [0.25, 0.3) is 0 Å². The molecule has 23 heavy (non-hydrogen) atoms. The number of rotatable bonds is 5. The van der Waals surface area contributed by atoms with Gasteiger partial charge in [0.05, 0.1) is 12.2 Å². The Morgan fingerprint density at radius 1 is 1.17 bits per heavy atom. The number of benzene rings is 1. The second kappa shape index (κ2) is 7.65. The first-order valence-corrected chi connectivity index (χ1v) is 9.00. The lowest BCUT2D eigenvalue weighted by Crippen LogP contribution is -2.46. The monoisotopic (exact) mass is 318 g/mol. The van der Waals surface area contributed by atoms with E-state index in [9.17, 15) is 5.11 Å². The van der Waals surface area contributed by atoms with E-state index in [1.54, 1.807) is 0 Å². The topological polar surface area (TPSA) is 44.7 Å². The van der Waals surface area contributed by atoms with E-state index >= 15 is 0 Å². The molecule has 1 aromatic carbocycles. The third kappa shape index (κ3) is 4.06. The lowest BCUT2D eigenvalue weighted by molar-refractivity contribution is -0.00526. The quantitative estimate of drug-likeness (QED) is 0.876. The van der Waals surface area contributed by atoms with Crippen LogP contribution in [0.5, 0.6) is 0 Å². The van der Waals surface area contributed by atoms with E-state index in [0.717, 1.165) is 26.1 Å². The van der Waals surface area contributed by atoms with Crippen LogP contribution in [-0.2, 0) is 11.3 Å². The molecule has 1 saturated carbocycles. The Labute approximate surface area is 139 Å². The van der Waals surface area contributed by atoms with Crippen LogP contribution in [0.15, 0.2) is 24.3 Å². The first kappa shape index (κ1) is 16.7. The second-order valence-electron chi connectivity index (χ2n) is 7.15. The smallest absolute Gasteiger partial charge is 0.0726 e. The third-order valence-corrected chi connectivity index (χ3v) is 5.20. The van der Waals surface area contributed by atoms with Crippen molar-refractivity contribution in [3.05, 3.63) is 29.8 Å². The van der Waals surface area contributed by atoms with E-state index in [0.29, 0.717) is 18.6 Å². The Morgan fingerprint density at radius 3 is 2.65 bits per heavy atom. The molecule has 1 saturated heterocycles. The summed E-state index contributed by atoms with van der Waals surface area (Å²) in [5, 5.41) is 13.2. The Hall–Kier alpha value is -1.10. The zero-order chi connectivity index (χ0) is 16.2. The van der Waals surface area contributed by atoms with Crippen LogP contribution in [0.2, 0.25) is 0 Å². The minimum atomic E-state index is 0.272. The van der Waals surface area contributed by atoms with E-state index in [1.807, 2.05) is 0 Å². The first-order valence-electron chi connectivity index (χ1n) is 9.00. The van der Waals surface area contributed by atoms with E-state index in [1.165, 1.54) is 24.1 Å². The first-order chi connectivity index (χ1) is 11.2. The van der Waals surface area contributed by atoms with Gasteiger partial charge < -0.3 is 20.1 Å². The van der Waals surface area contributed by atoms with Crippen LogP contribution in [-0.4, -0.2) is 43.1 Å². The van der Waals surface area contributed by atoms with Crippen molar-refractivity contribution in [1.82, 2.24) is 5.32 Å². The highest BCUT2D eigenvalue weighted by Crippen LogP contribution is 2.27. The summed E-state index contributed by atoms with van der Waals surface area (Å²) < 4.78 is 5.86. The zero-order valence-electron chi connectivity index (χ0n) is 14.4. The summed E-state index contributed by atoms with van der Waals surface area (Å²) >= 11 is 0. The molecule has 2 aliphatic rings. The fourth-order valence-electron chi connectivity index (χ4n) is 4.11. The number of anilines is 1. The van der Waals surface area contributed by atoms with E-state index in [-0.39, 0.29) is 12.2 Å². The summed E-state index contributed by atoms with van der Waals surface area (Å²) in [6.45, 7) is 7.37. The van der Waals surface area contributed by atoms with Gasteiger partial charge in [-0.25, -0.2) is 0 Å². The molecule has 0 unspecified atom stereocenters. The molecule has 2 fully saturated rings. The minimum absolute atomic E-state index is 0.272. The molecule has 1 aromatic rings. The van der Waals surface area contributed by atoms with Crippen molar-refractivity contribution in [2.75, 3.05) is 24.6 Å². The van der Waals surface area contributed by atoms with E-state index < -0.39 is 0 Å². The zero-order valence-corrected chi connectivity index (χ0v) is 14.4.